The maximum absolute atomic E-state index is 12.3. The second-order valence-electron chi connectivity index (χ2n) is 6.41. The van der Waals surface area contributed by atoms with E-state index in [0.717, 1.165) is 27.9 Å². The summed E-state index contributed by atoms with van der Waals surface area (Å²) in [7, 11) is 1.61. The second kappa shape index (κ2) is 7.83. The van der Waals surface area contributed by atoms with Gasteiger partial charge < -0.3 is 15.3 Å². The van der Waals surface area contributed by atoms with Gasteiger partial charge in [0, 0.05) is 12.7 Å². The molecule has 0 aliphatic rings. The number of hydrogen-bond donors (Lipinski definition) is 2. The number of rotatable bonds is 5. The van der Waals surface area contributed by atoms with Gasteiger partial charge >= 0.3 is 0 Å². The average Bonchev–Trinajstić information content (AvgIpc) is 2.53. The first-order chi connectivity index (χ1) is 11.8. The number of likely N-dealkylation sites (N-methyl/N-ethyl adjacent to an activating group) is 1. The molecular formula is C20H24N2O3. The molecule has 0 saturated heterocycles. The molecule has 5 heteroatoms. The molecule has 2 N–H and O–H groups in total. The number of amides is 2. The minimum Gasteiger partial charge on any atom is -0.508 e. The molecule has 0 atom stereocenters. The Morgan fingerprint density at radius 3 is 2.16 bits per heavy atom. The molecule has 0 bridgehead atoms. The highest BCUT2D eigenvalue weighted by molar-refractivity contribution is 5.96. The van der Waals surface area contributed by atoms with Crippen molar-refractivity contribution >= 4 is 17.5 Å². The Labute approximate surface area is 148 Å². The van der Waals surface area contributed by atoms with Gasteiger partial charge in [0.15, 0.2) is 0 Å². The normalized spacial score (nSPS) is 10.4. The molecule has 0 spiro atoms. The van der Waals surface area contributed by atoms with E-state index in [2.05, 4.69) is 5.32 Å². The Balaban J connectivity index is 1.95. The molecule has 0 heterocycles. The molecule has 0 aliphatic heterocycles. The van der Waals surface area contributed by atoms with Crippen LogP contribution in [0.4, 0.5) is 5.69 Å². The van der Waals surface area contributed by atoms with Crippen LogP contribution < -0.4 is 5.32 Å². The van der Waals surface area contributed by atoms with Gasteiger partial charge in [-0.15, -0.1) is 0 Å². The van der Waals surface area contributed by atoms with E-state index in [1.165, 1.54) is 17.0 Å². The van der Waals surface area contributed by atoms with E-state index < -0.39 is 0 Å². The van der Waals surface area contributed by atoms with Gasteiger partial charge in [-0.3, -0.25) is 9.59 Å². The van der Waals surface area contributed by atoms with Crippen LogP contribution in [0.25, 0.3) is 0 Å². The number of phenols is 1. The van der Waals surface area contributed by atoms with Crippen molar-refractivity contribution in [1.82, 2.24) is 4.90 Å². The molecule has 2 amide bonds. The Kier molecular flexibility index (Phi) is 5.80. The molecule has 25 heavy (non-hydrogen) atoms. The van der Waals surface area contributed by atoms with E-state index in [0.29, 0.717) is 0 Å². The molecule has 0 aliphatic carbocycles. The predicted molar refractivity (Wildman–Crippen MR) is 98.7 cm³/mol. The Bertz CT molecular complexity index is 759. The fraction of sp³-hybridized carbons (Fsp3) is 0.300. The van der Waals surface area contributed by atoms with Gasteiger partial charge in [-0.05, 0) is 49.6 Å². The number of anilines is 1. The summed E-state index contributed by atoms with van der Waals surface area (Å²) in [5.41, 5.74) is 4.75. The van der Waals surface area contributed by atoms with Crippen molar-refractivity contribution in [3.63, 3.8) is 0 Å². The average molecular weight is 340 g/mol. The van der Waals surface area contributed by atoms with Gasteiger partial charge in [0.05, 0.1) is 13.0 Å². The molecule has 0 saturated carbocycles. The van der Waals surface area contributed by atoms with Crippen molar-refractivity contribution in [3.8, 4) is 5.75 Å². The molecule has 132 valence electrons. The fourth-order valence-electron chi connectivity index (χ4n) is 2.78. The molecule has 2 aromatic carbocycles. The number of hydrogen-bond acceptors (Lipinski definition) is 3. The lowest BCUT2D eigenvalue weighted by atomic mass is 10.1. The van der Waals surface area contributed by atoms with Crippen molar-refractivity contribution in [2.75, 3.05) is 18.9 Å². The lowest BCUT2D eigenvalue weighted by Crippen LogP contribution is -2.36. The Hall–Kier alpha value is -2.82. The molecule has 0 unspecified atom stereocenters. The zero-order valence-electron chi connectivity index (χ0n) is 15.1. The summed E-state index contributed by atoms with van der Waals surface area (Å²) >= 11 is 0. The molecule has 5 nitrogen and oxygen atoms in total. The van der Waals surface area contributed by atoms with Gasteiger partial charge in [0.25, 0.3) is 0 Å². The van der Waals surface area contributed by atoms with Crippen LogP contribution in [-0.2, 0) is 16.0 Å². The van der Waals surface area contributed by atoms with Crippen molar-refractivity contribution in [2.24, 2.45) is 0 Å². The van der Waals surface area contributed by atoms with Crippen LogP contribution >= 0.6 is 0 Å². The van der Waals surface area contributed by atoms with Gasteiger partial charge in [0.1, 0.15) is 5.75 Å². The van der Waals surface area contributed by atoms with Crippen molar-refractivity contribution in [2.45, 2.75) is 27.2 Å². The second-order valence-corrected chi connectivity index (χ2v) is 6.41. The smallest absolute Gasteiger partial charge is 0.243 e. The summed E-state index contributed by atoms with van der Waals surface area (Å²) in [5.74, 6) is -0.220. The van der Waals surface area contributed by atoms with E-state index >= 15 is 0 Å². The number of carbonyl (C=O) groups excluding carboxylic acids is 2. The monoisotopic (exact) mass is 340 g/mol. The Morgan fingerprint density at radius 1 is 1.04 bits per heavy atom. The van der Waals surface area contributed by atoms with Crippen LogP contribution in [0.2, 0.25) is 0 Å². The minimum absolute atomic E-state index is 0.0102. The first-order valence-corrected chi connectivity index (χ1v) is 8.16. The highest BCUT2D eigenvalue weighted by atomic mass is 16.3. The highest BCUT2D eigenvalue weighted by Gasteiger charge is 2.15. The van der Waals surface area contributed by atoms with Crippen LogP contribution in [0.5, 0.6) is 5.75 Å². The SMILES string of the molecule is Cc1cc(C)c(NC(=O)CN(C)C(=O)Cc2ccc(O)cc2)c(C)c1. The van der Waals surface area contributed by atoms with Gasteiger partial charge in [0.2, 0.25) is 11.8 Å². The zero-order chi connectivity index (χ0) is 18.6. The summed E-state index contributed by atoms with van der Waals surface area (Å²) in [6, 6.07) is 10.5. The first kappa shape index (κ1) is 18.5. The quantitative estimate of drug-likeness (QED) is 0.879. The number of phenolic OH excluding ortho intramolecular Hbond substituents is 1. The number of nitrogens with zero attached hydrogens (tertiary/aromatic N) is 1. The summed E-state index contributed by atoms with van der Waals surface area (Å²) in [6.07, 6.45) is 0.187. The zero-order valence-corrected chi connectivity index (χ0v) is 15.1. The van der Waals surface area contributed by atoms with Crippen molar-refractivity contribution in [3.05, 3.63) is 58.7 Å². The third-order valence-corrected chi connectivity index (χ3v) is 4.04. The minimum atomic E-state index is -0.225. The van der Waals surface area contributed by atoms with Gasteiger partial charge in [-0.25, -0.2) is 0 Å². The Morgan fingerprint density at radius 2 is 1.60 bits per heavy atom. The van der Waals surface area contributed by atoms with Crippen LogP contribution in [0, 0.1) is 20.8 Å². The number of nitrogens with one attached hydrogen (secondary N) is 1. The summed E-state index contributed by atoms with van der Waals surface area (Å²) in [5, 5.41) is 12.2. The van der Waals surface area contributed by atoms with Gasteiger partial charge in [-0.2, -0.15) is 0 Å². The van der Waals surface area contributed by atoms with E-state index in [1.54, 1.807) is 19.2 Å². The predicted octanol–water partition coefficient (Wildman–Crippen LogP) is 2.96. The topological polar surface area (TPSA) is 69.6 Å². The van der Waals surface area contributed by atoms with E-state index in [9.17, 15) is 14.7 Å². The number of aromatic hydroxyl groups is 1. The fourth-order valence-corrected chi connectivity index (χ4v) is 2.78. The standard InChI is InChI=1S/C20H24N2O3/c1-13-9-14(2)20(15(3)10-13)21-18(24)12-22(4)19(25)11-16-5-7-17(23)8-6-16/h5-10,23H,11-12H2,1-4H3,(H,21,24). The number of aryl methyl sites for hydroxylation is 3. The third-order valence-electron chi connectivity index (χ3n) is 4.04. The largest absolute Gasteiger partial charge is 0.508 e. The summed E-state index contributed by atoms with van der Waals surface area (Å²) in [4.78, 5) is 25.9. The molecule has 0 radical (unpaired) electrons. The third kappa shape index (κ3) is 5.08. The van der Waals surface area contributed by atoms with Crippen LogP contribution in [0.3, 0.4) is 0 Å². The highest BCUT2D eigenvalue weighted by Crippen LogP contribution is 2.21. The first-order valence-electron chi connectivity index (χ1n) is 8.16. The van der Waals surface area contributed by atoms with E-state index in [4.69, 9.17) is 0 Å². The van der Waals surface area contributed by atoms with Crippen LogP contribution in [-0.4, -0.2) is 35.4 Å². The van der Waals surface area contributed by atoms with Crippen molar-refractivity contribution < 1.29 is 14.7 Å². The maximum Gasteiger partial charge on any atom is 0.243 e. The number of carbonyl (C=O) groups is 2. The number of benzene rings is 2. The maximum atomic E-state index is 12.3. The lowest BCUT2D eigenvalue weighted by Gasteiger charge is -2.18. The molecule has 2 aromatic rings. The van der Waals surface area contributed by atoms with Crippen molar-refractivity contribution in [1.29, 1.82) is 0 Å². The summed E-state index contributed by atoms with van der Waals surface area (Å²) in [6.45, 7) is 5.91. The van der Waals surface area contributed by atoms with Crippen LogP contribution in [0.15, 0.2) is 36.4 Å². The molecular weight excluding hydrogens is 316 g/mol. The molecule has 0 aromatic heterocycles. The summed E-state index contributed by atoms with van der Waals surface area (Å²) < 4.78 is 0. The lowest BCUT2D eigenvalue weighted by molar-refractivity contribution is -0.132. The molecule has 0 fully saturated rings. The van der Waals surface area contributed by atoms with E-state index in [-0.39, 0.29) is 30.5 Å². The van der Waals surface area contributed by atoms with Gasteiger partial charge in [-0.1, -0.05) is 29.8 Å². The van der Waals surface area contributed by atoms with E-state index in [1.807, 2.05) is 32.9 Å². The van der Waals surface area contributed by atoms with Crippen LogP contribution in [0.1, 0.15) is 22.3 Å². The molecule has 2 rings (SSSR count).